The number of aliphatic imine (C=N–C) groups is 1. The minimum absolute atomic E-state index is 0.0767. The summed E-state index contributed by atoms with van der Waals surface area (Å²) in [6.07, 6.45) is 2.32. The van der Waals surface area contributed by atoms with Crippen LogP contribution < -0.4 is 0 Å². The summed E-state index contributed by atoms with van der Waals surface area (Å²) in [6.45, 7) is 5.96. The summed E-state index contributed by atoms with van der Waals surface area (Å²) in [5.74, 6) is 0.533. The summed E-state index contributed by atoms with van der Waals surface area (Å²) in [7, 11) is 0. The Morgan fingerprint density at radius 3 is 2.93 bits per heavy atom. The van der Waals surface area contributed by atoms with Crippen LogP contribution in [0, 0.1) is 0 Å². The lowest BCUT2D eigenvalue weighted by Gasteiger charge is -2.02. The molecule has 1 N–H and O–H groups in total. The Kier molecular flexibility index (Phi) is 3.95. The van der Waals surface area contributed by atoms with E-state index in [-0.39, 0.29) is 10.9 Å². The van der Waals surface area contributed by atoms with Crippen molar-refractivity contribution in [3.8, 4) is 0 Å². The predicted molar refractivity (Wildman–Crippen MR) is 59.9 cm³/mol. The maximum absolute atomic E-state index is 11.4. The molecule has 4 heteroatoms. The third kappa shape index (κ3) is 2.26. The van der Waals surface area contributed by atoms with E-state index >= 15 is 0 Å². The molecule has 0 bridgehead atoms. The number of carbonyl (C=O) groups is 1. The molecule has 0 saturated heterocycles. The lowest BCUT2D eigenvalue weighted by Crippen LogP contribution is -2.08. The Morgan fingerprint density at radius 2 is 2.50 bits per heavy atom. The smallest absolute Gasteiger partial charge is 0.225 e. The van der Waals surface area contributed by atoms with E-state index in [1.54, 1.807) is 6.08 Å². The van der Waals surface area contributed by atoms with E-state index in [1.165, 1.54) is 0 Å². The summed E-state index contributed by atoms with van der Waals surface area (Å²) in [4.78, 5) is 15.6. The summed E-state index contributed by atoms with van der Waals surface area (Å²) < 4.78 is 0. The molecule has 0 spiro atoms. The SMILES string of the molecule is C=CCN=C(CC)C1=C(O)CSC1=O. The van der Waals surface area contributed by atoms with Crippen molar-refractivity contribution in [1.82, 2.24) is 0 Å². The van der Waals surface area contributed by atoms with E-state index in [4.69, 9.17) is 0 Å². The zero-order valence-corrected chi connectivity index (χ0v) is 8.93. The molecule has 0 atom stereocenters. The molecule has 0 unspecified atom stereocenters. The largest absolute Gasteiger partial charge is 0.511 e. The van der Waals surface area contributed by atoms with Crippen LogP contribution in [0.15, 0.2) is 29.0 Å². The summed E-state index contributed by atoms with van der Waals surface area (Å²) in [6, 6.07) is 0. The number of aliphatic hydroxyl groups excluding tert-OH is 1. The van der Waals surface area contributed by atoms with E-state index in [0.717, 1.165) is 11.8 Å². The maximum Gasteiger partial charge on any atom is 0.225 e. The van der Waals surface area contributed by atoms with Crippen LogP contribution in [0.1, 0.15) is 13.3 Å². The van der Waals surface area contributed by atoms with Gasteiger partial charge in [-0.3, -0.25) is 9.79 Å². The highest BCUT2D eigenvalue weighted by Crippen LogP contribution is 2.26. The molecule has 76 valence electrons. The van der Waals surface area contributed by atoms with Crippen molar-refractivity contribution < 1.29 is 9.90 Å². The normalized spacial score (nSPS) is 17.8. The van der Waals surface area contributed by atoms with Crippen molar-refractivity contribution in [2.75, 3.05) is 12.3 Å². The van der Waals surface area contributed by atoms with Gasteiger partial charge < -0.3 is 5.11 Å². The number of aliphatic hydroxyl groups is 1. The van der Waals surface area contributed by atoms with Crippen LogP contribution in [-0.4, -0.2) is 28.2 Å². The minimum atomic E-state index is -0.0767. The van der Waals surface area contributed by atoms with Gasteiger partial charge in [-0.1, -0.05) is 24.8 Å². The average Bonchev–Trinajstić information content (AvgIpc) is 2.50. The zero-order valence-electron chi connectivity index (χ0n) is 8.12. The fourth-order valence-electron chi connectivity index (χ4n) is 1.22. The Hall–Kier alpha value is -1.03. The van der Waals surface area contributed by atoms with Gasteiger partial charge in [0.05, 0.1) is 23.6 Å². The highest BCUT2D eigenvalue weighted by atomic mass is 32.2. The van der Waals surface area contributed by atoms with E-state index < -0.39 is 0 Å². The highest BCUT2D eigenvalue weighted by molar-refractivity contribution is 8.14. The summed E-state index contributed by atoms with van der Waals surface area (Å²) in [5, 5.41) is 9.41. The van der Waals surface area contributed by atoms with Crippen molar-refractivity contribution in [3.05, 3.63) is 24.0 Å². The van der Waals surface area contributed by atoms with Crippen molar-refractivity contribution in [2.45, 2.75) is 13.3 Å². The van der Waals surface area contributed by atoms with Crippen LogP contribution in [0.4, 0.5) is 0 Å². The third-order valence-corrected chi connectivity index (χ3v) is 2.75. The molecule has 0 aliphatic carbocycles. The Balaban J connectivity index is 2.94. The van der Waals surface area contributed by atoms with Crippen molar-refractivity contribution >= 4 is 22.6 Å². The van der Waals surface area contributed by atoms with Gasteiger partial charge in [-0.25, -0.2) is 0 Å². The van der Waals surface area contributed by atoms with Gasteiger partial charge in [0.1, 0.15) is 5.76 Å². The molecule has 1 heterocycles. The first-order valence-electron chi connectivity index (χ1n) is 4.44. The molecule has 0 aromatic carbocycles. The number of carbonyl (C=O) groups excluding carboxylic acids is 1. The van der Waals surface area contributed by atoms with Crippen molar-refractivity contribution in [2.24, 2.45) is 4.99 Å². The Labute approximate surface area is 87.6 Å². The molecule has 1 aliphatic heterocycles. The average molecular weight is 211 g/mol. The van der Waals surface area contributed by atoms with Crippen LogP contribution in [0.3, 0.4) is 0 Å². The molecule has 1 aliphatic rings. The fraction of sp³-hybridized carbons (Fsp3) is 0.400. The first kappa shape index (κ1) is 11.0. The number of nitrogens with zero attached hydrogens (tertiary/aromatic N) is 1. The first-order chi connectivity index (χ1) is 6.70. The van der Waals surface area contributed by atoms with Crippen molar-refractivity contribution in [1.29, 1.82) is 0 Å². The number of thioether (sulfide) groups is 1. The van der Waals surface area contributed by atoms with Gasteiger partial charge in [0, 0.05) is 0 Å². The molecule has 0 saturated carbocycles. The van der Waals surface area contributed by atoms with Crippen LogP contribution in [0.25, 0.3) is 0 Å². The quantitative estimate of drug-likeness (QED) is 0.572. The molecule has 0 aromatic rings. The van der Waals surface area contributed by atoms with Crippen LogP contribution >= 0.6 is 11.8 Å². The van der Waals surface area contributed by atoms with Gasteiger partial charge in [0.2, 0.25) is 5.12 Å². The van der Waals surface area contributed by atoms with E-state index in [0.29, 0.717) is 30.0 Å². The minimum Gasteiger partial charge on any atom is -0.511 e. The summed E-state index contributed by atoms with van der Waals surface area (Å²) in [5.41, 5.74) is 1.08. The van der Waals surface area contributed by atoms with Crippen LogP contribution in [-0.2, 0) is 4.79 Å². The molecule has 1 rings (SSSR count). The number of hydrogen-bond donors (Lipinski definition) is 1. The van der Waals surface area contributed by atoms with E-state index in [2.05, 4.69) is 11.6 Å². The Bertz CT molecular complexity index is 318. The van der Waals surface area contributed by atoms with Crippen molar-refractivity contribution in [3.63, 3.8) is 0 Å². The van der Waals surface area contributed by atoms with Gasteiger partial charge in [0.15, 0.2) is 0 Å². The molecule has 14 heavy (non-hydrogen) atoms. The molecule has 0 radical (unpaired) electrons. The van der Waals surface area contributed by atoms with Gasteiger partial charge >= 0.3 is 0 Å². The van der Waals surface area contributed by atoms with Crippen LogP contribution in [0.2, 0.25) is 0 Å². The second-order valence-corrected chi connectivity index (χ2v) is 3.78. The molecular formula is C10H13NO2S. The summed E-state index contributed by atoms with van der Waals surface area (Å²) >= 11 is 1.12. The lowest BCUT2D eigenvalue weighted by molar-refractivity contribution is -0.107. The topological polar surface area (TPSA) is 49.7 Å². The van der Waals surface area contributed by atoms with Gasteiger partial charge in [-0.2, -0.15) is 0 Å². The Morgan fingerprint density at radius 1 is 1.79 bits per heavy atom. The zero-order chi connectivity index (χ0) is 10.6. The van der Waals surface area contributed by atoms with Gasteiger partial charge in [-0.15, -0.1) is 6.58 Å². The standard InChI is InChI=1S/C10H13NO2S/c1-3-5-11-7(4-2)9-8(12)6-14-10(9)13/h3,12H,1,4-6H2,2H3. The molecule has 0 fully saturated rings. The van der Waals surface area contributed by atoms with E-state index in [9.17, 15) is 9.90 Å². The molecule has 0 amide bonds. The third-order valence-electron chi connectivity index (χ3n) is 1.87. The number of rotatable bonds is 4. The lowest BCUT2D eigenvalue weighted by atomic mass is 10.1. The van der Waals surface area contributed by atoms with Gasteiger partial charge in [0.25, 0.3) is 0 Å². The molecule has 0 aromatic heterocycles. The number of hydrogen-bond acceptors (Lipinski definition) is 4. The monoisotopic (exact) mass is 211 g/mol. The van der Waals surface area contributed by atoms with Crippen LogP contribution in [0.5, 0.6) is 0 Å². The van der Waals surface area contributed by atoms with Gasteiger partial charge in [-0.05, 0) is 6.42 Å². The first-order valence-corrected chi connectivity index (χ1v) is 5.43. The second kappa shape index (κ2) is 5.00. The van der Waals surface area contributed by atoms with E-state index in [1.807, 2.05) is 6.92 Å². The molecular weight excluding hydrogens is 198 g/mol. The highest BCUT2D eigenvalue weighted by Gasteiger charge is 2.26. The second-order valence-electron chi connectivity index (χ2n) is 2.83. The fourth-order valence-corrected chi connectivity index (χ4v) is 2.01. The predicted octanol–water partition coefficient (Wildman–Crippen LogP) is 2.11. The molecule has 3 nitrogen and oxygen atoms in total. The maximum atomic E-state index is 11.4.